The first-order valence-corrected chi connectivity index (χ1v) is 5.82. The summed E-state index contributed by atoms with van der Waals surface area (Å²) in [6, 6.07) is 9.98. The second-order valence-corrected chi connectivity index (χ2v) is 4.04. The van der Waals surface area contributed by atoms with E-state index in [4.69, 9.17) is 12.2 Å². The maximum Gasteiger partial charge on any atom is 0.106 e. The molecule has 0 unspecified atom stereocenters. The average Bonchev–Trinajstić information content (AvgIpc) is 2.38. The van der Waals surface area contributed by atoms with Crippen molar-refractivity contribution in [3.8, 4) is 0 Å². The Morgan fingerprint density at radius 1 is 1.25 bits per heavy atom. The summed E-state index contributed by atoms with van der Waals surface area (Å²) in [5, 5.41) is 3.22. The van der Waals surface area contributed by atoms with Gasteiger partial charge < -0.3 is 5.32 Å². The van der Waals surface area contributed by atoms with Crippen molar-refractivity contribution in [2.45, 2.75) is 12.8 Å². The standard InChI is InChI=1S/C13H14N2S/c16-13(11-6-2-1-3-7-11)15-10-12-8-4-5-9-14-12/h1-3,6-9H,4-5,10H2,(H,15,16). The van der Waals surface area contributed by atoms with Crippen LogP contribution in [0.2, 0.25) is 0 Å². The van der Waals surface area contributed by atoms with Gasteiger partial charge in [0.1, 0.15) is 4.99 Å². The highest BCUT2D eigenvalue weighted by Gasteiger charge is 2.02. The average molecular weight is 230 g/mol. The number of allylic oxidation sites excluding steroid dienone is 1. The van der Waals surface area contributed by atoms with Crippen molar-refractivity contribution in [2.24, 2.45) is 4.99 Å². The van der Waals surface area contributed by atoms with Crippen molar-refractivity contribution in [3.63, 3.8) is 0 Å². The van der Waals surface area contributed by atoms with E-state index in [0.29, 0.717) is 6.54 Å². The van der Waals surface area contributed by atoms with Crippen molar-refractivity contribution < 1.29 is 0 Å². The normalized spacial score (nSPS) is 14.4. The molecule has 1 aromatic carbocycles. The fraction of sp³-hybridized carbons (Fsp3) is 0.231. The van der Waals surface area contributed by atoms with Gasteiger partial charge in [0.15, 0.2) is 0 Å². The Kier molecular flexibility index (Phi) is 3.83. The van der Waals surface area contributed by atoms with Crippen molar-refractivity contribution in [2.75, 3.05) is 6.54 Å². The van der Waals surface area contributed by atoms with E-state index in [2.05, 4.69) is 16.4 Å². The summed E-state index contributed by atoms with van der Waals surface area (Å²) >= 11 is 5.30. The molecule has 1 aliphatic rings. The molecule has 0 saturated heterocycles. The highest BCUT2D eigenvalue weighted by atomic mass is 32.1. The Morgan fingerprint density at radius 3 is 2.75 bits per heavy atom. The maximum atomic E-state index is 5.30. The smallest absolute Gasteiger partial charge is 0.106 e. The summed E-state index contributed by atoms with van der Waals surface area (Å²) in [4.78, 5) is 5.09. The van der Waals surface area contributed by atoms with Crippen LogP contribution in [0.5, 0.6) is 0 Å². The molecule has 2 nitrogen and oxygen atoms in total. The molecule has 0 spiro atoms. The van der Waals surface area contributed by atoms with Crippen LogP contribution in [-0.2, 0) is 0 Å². The Bertz CT molecular complexity index is 421. The fourth-order valence-electron chi connectivity index (χ4n) is 1.54. The predicted molar refractivity (Wildman–Crippen MR) is 72.0 cm³/mol. The number of benzene rings is 1. The van der Waals surface area contributed by atoms with Crippen LogP contribution < -0.4 is 5.32 Å². The van der Waals surface area contributed by atoms with Crippen LogP contribution in [0.3, 0.4) is 0 Å². The molecule has 0 aromatic heterocycles. The van der Waals surface area contributed by atoms with Crippen LogP contribution in [0.25, 0.3) is 0 Å². The van der Waals surface area contributed by atoms with E-state index in [1.807, 2.05) is 36.5 Å². The summed E-state index contributed by atoms with van der Waals surface area (Å²) in [6.45, 7) is 0.713. The van der Waals surface area contributed by atoms with Crippen LogP contribution in [-0.4, -0.2) is 17.7 Å². The van der Waals surface area contributed by atoms with Gasteiger partial charge in [-0.25, -0.2) is 0 Å². The third kappa shape index (κ3) is 3.00. The molecule has 0 aliphatic carbocycles. The lowest BCUT2D eigenvalue weighted by molar-refractivity contribution is 0.936. The van der Waals surface area contributed by atoms with E-state index in [-0.39, 0.29) is 0 Å². The molecule has 0 bridgehead atoms. The molecule has 0 amide bonds. The quantitative estimate of drug-likeness (QED) is 0.807. The number of rotatable bonds is 3. The molecule has 0 atom stereocenters. The van der Waals surface area contributed by atoms with Crippen LogP contribution in [0.1, 0.15) is 18.4 Å². The third-order valence-corrected chi connectivity index (χ3v) is 2.78. The Balaban J connectivity index is 1.89. The Morgan fingerprint density at radius 2 is 2.06 bits per heavy atom. The zero-order valence-electron chi connectivity index (χ0n) is 9.02. The van der Waals surface area contributed by atoms with Gasteiger partial charge in [-0.05, 0) is 12.8 Å². The first kappa shape index (κ1) is 11.0. The molecule has 3 heteroatoms. The number of hydrogen-bond acceptors (Lipinski definition) is 2. The highest BCUT2D eigenvalue weighted by Crippen LogP contribution is 2.06. The molecular formula is C13H14N2S. The first-order chi connectivity index (χ1) is 7.86. The molecular weight excluding hydrogens is 216 g/mol. The number of thiocarbonyl (C=S) groups is 1. The van der Waals surface area contributed by atoms with Crippen LogP contribution >= 0.6 is 12.2 Å². The summed E-state index contributed by atoms with van der Waals surface area (Å²) in [5.74, 6) is 0. The zero-order valence-corrected chi connectivity index (χ0v) is 9.83. The van der Waals surface area contributed by atoms with Gasteiger partial charge in [0.2, 0.25) is 0 Å². The zero-order chi connectivity index (χ0) is 11.2. The minimum atomic E-state index is 0.713. The third-order valence-electron chi connectivity index (χ3n) is 2.40. The van der Waals surface area contributed by atoms with Gasteiger partial charge >= 0.3 is 0 Å². The van der Waals surface area contributed by atoms with E-state index in [1.165, 1.54) is 0 Å². The predicted octanol–water partition coefficient (Wildman–Crippen LogP) is 2.70. The molecule has 16 heavy (non-hydrogen) atoms. The maximum absolute atomic E-state index is 5.30. The van der Waals surface area contributed by atoms with Crippen molar-refractivity contribution in [1.29, 1.82) is 0 Å². The van der Waals surface area contributed by atoms with Crippen LogP contribution in [0.4, 0.5) is 0 Å². The molecule has 1 aromatic rings. The van der Waals surface area contributed by atoms with Gasteiger partial charge in [0.05, 0.1) is 12.2 Å². The molecule has 2 rings (SSSR count). The van der Waals surface area contributed by atoms with Gasteiger partial charge in [0.25, 0.3) is 0 Å². The molecule has 1 N–H and O–H groups in total. The number of aliphatic imine (C=N–C) groups is 1. The van der Waals surface area contributed by atoms with Gasteiger partial charge in [-0.15, -0.1) is 0 Å². The van der Waals surface area contributed by atoms with E-state index in [9.17, 15) is 0 Å². The Hall–Kier alpha value is -1.48. The highest BCUT2D eigenvalue weighted by molar-refractivity contribution is 7.80. The second-order valence-electron chi connectivity index (χ2n) is 3.63. The largest absolute Gasteiger partial charge is 0.370 e. The lowest BCUT2D eigenvalue weighted by Crippen LogP contribution is -2.24. The van der Waals surface area contributed by atoms with Gasteiger partial charge in [-0.1, -0.05) is 48.6 Å². The first-order valence-electron chi connectivity index (χ1n) is 5.41. The lowest BCUT2D eigenvalue weighted by atomic mass is 10.2. The second kappa shape index (κ2) is 5.56. The van der Waals surface area contributed by atoms with E-state index >= 15 is 0 Å². The molecule has 1 aliphatic heterocycles. The Labute approximate surface area is 101 Å². The van der Waals surface area contributed by atoms with E-state index in [1.54, 1.807) is 0 Å². The lowest BCUT2D eigenvalue weighted by Gasteiger charge is -2.10. The molecule has 1 heterocycles. The number of nitrogens with zero attached hydrogens (tertiary/aromatic N) is 1. The summed E-state index contributed by atoms with van der Waals surface area (Å²) in [7, 11) is 0. The van der Waals surface area contributed by atoms with Gasteiger partial charge in [0, 0.05) is 11.8 Å². The topological polar surface area (TPSA) is 24.4 Å². The summed E-state index contributed by atoms with van der Waals surface area (Å²) in [6.07, 6.45) is 6.24. The minimum Gasteiger partial charge on any atom is -0.370 e. The number of hydrogen-bond donors (Lipinski definition) is 1. The fourth-order valence-corrected chi connectivity index (χ4v) is 1.75. The monoisotopic (exact) mass is 230 g/mol. The van der Waals surface area contributed by atoms with Crippen molar-refractivity contribution in [1.82, 2.24) is 5.32 Å². The minimum absolute atomic E-state index is 0.713. The molecule has 0 radical (unpaired) electrons. The number of nitrogens with one attached hydrogen (secondary N) is 1. The van der Waals surface area contributed by atoms with Gasteiger partial charge in [-0.2, -0.15) is 0 Å². The molecule has 0 saturated carbocycles. The van der Waals surface area contributed by atoms with Crippen molar-refractivity contribution in [3.05, 3.63) is 47.7 Å². The SMILES string of the molecule is S=C(NCC1=CCCC=N1)c1ccccc1. The van der Waals surface area contributed by atoms with E-state index < -0.39 is 0 Å². The summed E-state index contributed by atoms with van der Waals surface area (Å²) in [5.41, 5.74) is 2.13. The molecule has 0 fully saturated rings. The molecule has 82 valence electrons. The summed E-state index contributed by atoms with van der Waals surface area (Å²) < 4.78 is 0. The van der Waals surface area contributed by atoms with E-state index in [0.717, 1.165) is 29.1 Å². The van der Waals surface area contributed by atoms with Gasteiger partial charge in [-0.3, -0.25) is 4.99 Å². The van der Waals surface area contributed by atoms with Crippen molar-refractivity contribution >= 4 is 23.4 Å². The van der Waals surface area contributed by atoms with Crippen LogP contribution in [0, 0.1) is 0 Å². The van der Waals surface area contributed by atoms with Crippen LogP contribution in [0.15, 0.2) is 47.1 Å².